The van der Waals surface area contributed by atoms with Crippen LogP contribution in [0.2, 0.25) is 0 Å². The van der Waals surface area contributed by atoms with Gasteiger partial charge in [0.15, 0.2) is 11.6 Å². The van der Waals surface area contributed by atoms with E-state index in [2.05, 4.69) is 0 Å². The minimum atomic E-state index is -0.833. The van der Waals surface area contributed by atoms with E-state index in [-0.39, 0.29) is 17.7 Å². The third-order valence-electron chi connectivity index (χ3n) is 0.496. The molecule has 11 nitrogen and oxygen atoms in total. The van der Waals surface area contributed by atoms with Gasteiger partial charge in [-0.2, -0.15) is 0 Å². The Morgan fingerprint density at radius 2 is 0.478 bits per heavy atom. The standard InChI is InChI=1S/C4H6O2.4C2H4O2.H3N/c1-3(5)4(2)6;4*1-2(3)4;/h1-2H3;4*1H3,(H,3,4);1H3. The van der Waals surface area contributed by atoms with Crippen molar-refractivity contribution in [2.45, 2.75) is 41.5 Å². The number of carbonyl (C=O) groups is 6. The van der Waals surface area contributed by atoms with Gasteiger partial charge >= 0.3 is 0 Å². The normalized spacial score (nSPS) is 6.35. The predicted molar refractivity (Wildman–Crippen MR) is 79.6 cm³/mol. The Morgan fingerprint density at radius 1 is 0.435 bits per heavy atom. The van der Waals surface area contributed by atoms with Crippen molar-refractivity contribution in [3.8, 4) is 0 Å². The second kappa shape index (κ2) is 27.5. The van der Waals surface area contributed by atoms with Gasteiger partial charge in [-0.25, -0.2) is 0 Å². The highest BCUT2D eigenvalue weighted by molar-refractivity contribution is 6.35. The van der Waals surface area contributed by atoms with Crippen LogP contribution in [0.15, 0.2) is 0 Å². The van der Waals surface area contributed by atoms with Crippen LogP contribution in [0.1, 0.15) is 41.5 Å². The second-order valence-corrected chi connectivity index (χ2v) is 3.19. The van der Waals surface area contributed by atoms with Crippen LogP contribution in [-0.4, -0.2) is 55.9 Å². The van der Waals surface area contributed by atoms with Gasteiger partial charge in [-0.05, 0) is 0 Å². The van der Waals surface area contributed by atoms with E-state index < -0.39 is 23.9 Å². The molecular formula is C12H25NO10. The molecule has 0 radical (unpaired) electrons. The van der Waals surface area contributed by atoms with E-state index in [1.54, 1.807) is 0 Å². The van der Waals surface area contributed by atoms with E-state index in [0.29, 0.717) is 0 Å². The van der Waals surface area contributed by atoms with Gasteiger partial charge in [0.05, 0.1) is 0 Å². The summed E-state index contributed by atoms with van der Waals surface area (Å²) in [6.07, 6.45) is 0. The quantitative estimate of drug-likeness (QED) is 0.417. The number of ketones is 2. The highest BCUT2D eigenvalue weighted by Crippen LogP contribution is 1.66. The molecule has 138 valence electrons. The van der Waals surface area contributed by atoms with Crippen LogP contribution < -0.4 is 6.15 Å². The number of rotatable bonds is 1. The Hall–Kier alpha value is -2.82. The predicted octanol–water partition coefficient (Wildman–Crippen LogP) is 0.690. The maximum Gasteiger partial charge on any atom is 0.300 e. The van der Waals surface area contributed by atoms with Gasteiger partial charge in [0.25, 0.3) is 23.9 Å². The first-order valence-corrected chi connectivity index (χ1v) is 5.37. The molecule has 0 saturated heterocycles. The van der Waals surface area contributed by atoms with E-state index in [1.165, 1.54) is 13.8 Å². The highest BCUT2D eigenvalue weighted by atomic mass is 16.4. The van der Waals surface area contributed by atoms with Crippen molar-refractivity contribution in [1.82, 2.24) is 6.15 Å². The highest BCUT2D eigenvalue weighted by Gasteiger charge is 1.94. The number of hydrogen-bond donors (Lipinski definition) is 5. The zero-order chi connectivity index (χ0) is 19.5. The first kappa shape index (κ1) is 36.9. The van der Waals surface area contributed by atoms with Crippen LogP contribution in [0.5, 0.6) is 0 Å². The van der Waals surface area contributed by atoms with Gasteiger partial charge in [0.2, 0.25) is 0 Å². The van der Waals surface area contributed by atoms with Crippen molar-refractivity contribution in [3.63, 3.8) is 0 Å². The van der Waals surface area contributed by atoms with Crippen molar-refractivity contribution >= 4 is 35.4 Å². The molecule has 0 atom stereocenters. The first-order valence-electron chi connectivity index (χ1n) is 5.37. The largest absolute Gasteiger partial charge is 0.481 e. The monoisotopic (exact) mass is 343 g/mol. The molecule has 0 aliphatic rings. The first-order chi connectivity index (χ1) is 9.57. The molecule has 0 saturated carbocycles. The molecule has 0 rings (SSSR count). The summed E-state index contributed by atoms with van der Waals surface area (Å²) >= 11 is 0. The summed E-state index contributed by atoms with van der Waals surface area (Å²) in [5.74, 6) is -4.09. The molecule has 0 aromatic heterocycles. The van der Waals surface area contributed by atoms with Crippen LogP contribution in [0.4, 0.5) is 0 Å². The molecule has 11 heteroatoms. The molecule has 23 heavy (non-hydrogen) atoms. The molecule has 0 bridgehead atoms. The molecule has 0 amide bonds. The van der Waals surface area contributed by atoms with E-state index in [0.717, 1.165) is 27.7 Å². The lowest BCUT2D eigenvalue weighted by Gasteiger charge is -1.73. The van der Waals surface area contributed by atoms with Gasteiger partial charge in [-0.3, -0.25) is 28.8 Å². The Labute approximate surface area is 133 Å². The Morgan fingerprint density at radius 3 is 0.478 bits per heavy atom. The molecule has 0 fully saturated rings. The fraction of sp³-hybridized carbons (Fsp3) is 0.500. The minimum Gasteiger partial charge on any atom is -0.481 e. The summed E-state index contributed by atoms with van der Waals surface area (Å²) in [5.41, 5.74) is 0. The van der Waals surface area contributed by atoms with Gasteiger partial charge in [0.1, 0.15) is 0 Å². The molecule has 0 aromatic carbocycles. The van der Waals surface area contributed by atoms with Crippen molar-refractivity contribution in [1.29, 1.82) is 0 Å². The van der Waals surface area contributed by atoms with Crippen molar-refractivity contribution in [2.75, 3.05) is 0 Å². The lowest BCUT2D eigenvalue weighted by Crippen LogP contribution is -2.01. The number of hydrogen-bond acceptors (Lipinski definition) is 7. The van der Waals surface area contributed by atoms with Crippen LogP contribution in [0, 0.1) is 0 Å². The molecule has 0 aliphatic carbocycles. The van der Waals surface area contributed by atoms with E-state index >= 15 is 0 Å². The van der Waals surface area contributed by atoms with E-state index in [9.17, 15) is 9.59 Å². The fourth-order valence-corrected chi connectivity index (χ4v) is 0. The number of aliphatic carboxylic acids is 4. The van der Waals surface area contributed by atoms with Gasteiger partial charge < -0.3 is 26.6 Å². The topological polar surface area (TPSA) is 218 Å². The molecule has 0 heterocycles. The molecule has 0 unspecified atom stereocenters. The number of carboxylic acid groups (broad SMARTS) is 4. The lowest BCUT2D eigenvalue weighted by atomic mass is 10.3. The second-order valence-electron chi connectivity index (χ2n) is 3.19. The minimum absolute atomic E-state index is 0. The summed E-state index contributed by atoms with van der Waals surface area (Å²) in [6, 6.07) is 0. The fourth-order valence-electron chi connectivity index (χ4n) is 0. The van der Waals surface area contributed by atoms with Crippen LogP contribution >= 0.6 is 0 Å². The summed E-state index contributed by atoms with van der Waals surface area (Å²) in [5, 5.41) is 29.7. The summed E-state index contributed by atoms with van der Waals surface area (Å²) in [6.45, 7) is 6.84. The Bertz CT molecular complexity index is 300. The van der Waals surface area contributed by atoms with Gasteiger partial charge in [-0.1, -0.05) is 0 Å². The van der Waals surface area contributed by atoms with Gasteiger partial charge in [0, 0.05) is 41.5 Å². The van der Waals surface area contributed by atoms with E-state index in [1.807, 2.05) is 0 Å². The van der Waals surface area contributed by atoms with Crippen LogP contribution in [-0.2, 0) is 28.8 Å². The Balaban J connectivity index is -0.0000000393. The van der Waals surface area contributed by atoms with Crippen molar-refractivity contribution in [3.05, 3.63) is 0 Å². The number of carboxylic acids is 4. The van der Waals surface area contributed by atoms with Crippen LogP contribution in [0.3, 0.4) is 0 Å². The summed E-state index contributed by atoms with van der Waals surface area (Å²) < 4.78 is 0. The molecule has 0 spiro atoms. The Kier molecular flexibility index (Phi) is 44.2. The third kappa shape index (κ3) is 4070. The molecule has 0 aromatic rings. The number of Topliss-reactive ketones (excluding diaryl/α,β-unsaturated/α-hetero) is 2. The number of carbonyl (C=O) groups excluding carboxylic acids is 2. The van der Waals surface area contributed by atoms with Crippen LogP contribution in [0.25, 0.3) is 0 Å². The van der Waals surface area contributed by atoms with E-state index in [4.69, 9.17) is 39.6 Å². The lowest BCUT2D eigenvalue weighted by molar-refractivity contribution is -0.135. The average Bonchev–Trinajstić information content (AvgIpc) is 2.12. The summed E-state index contributed by atoms with van der Waals surface area (Å²) in [7, 11) is 0. The third-order valence-corrected chi connectivity index (χ3v) is 0.496. The maximum absolute atomic E-state index is 9.79. The summed E-state index contributed by atoms with van der Waals surface area (Å²) in [4.78, 5) is 55.6. The molecular weight excluding hydrogens is 318 g/mol. The molecule has 7 N–H and O–H groups in total. The maximum atomic E-state index is 9.79. The zero-order valence-electron chi connectivity index (χ0n) is 13.9. The smallest absolute Gasteiger partial charge is 0.300 e. The zero-order valence-corrected chi connectivity index (χ0v) is 13.9. The molecule has 0 aliphatic heterocycles. The SMILES string of the molecule is CC(=O)C(C)=O.CC(=O)O.CC(=O)O.CC(=O)O.CC(=O)O.N. The van der Waals surface area contributed by atoms with Crippen molar-refractivity contribution < 1.29 is 49.2 Å². The van der Waals surface area contributed by atoms with Crippen molar-refractivity contribution in [2.24, 2.45) is 0 Å². The average molecular weight is 343 g/mol. The van der Waals surface area contributed by atoms with Gasteiger partial charge in [-0.15, -0.1) is 0 Å².